The molecule has 1 aromatic rings. The molecule has 0 radical (unpaired) electrons. The Morgan fingerprint density at radius 2 is 1.72 bits per heavy atom. The average molecular weight is 517 g/mol. The van der Waals surface area contributed by atoms with E-state index in [1.165, 1.54) is 0 Å². The Bertz CT molecular complexity index is 873. The summed E-state index contributed by atoms with van der Waals surface area (Å²) in [7, 11) is 0. The minimum absolute atomic E-state index is 0.124. The number of ether oxygens (including phenoxy) is 1. The SMILES string of the molecule is CC(C)(C)OC(=O)CN1CCC(N2CCN(c3ccc(C=NN)cn3)CC2)CC1.O=C(O)C(F)(F)F. The van der Waals surface area contributed by atoms with Crippen molar-refractivity contribution in [3.63, 3.8) is 0 Å². The fraction of sp³-hybridized carbons (Fsp3) is 0.652. The van der Waals surface area contributed by atoms with Gasteiger partial charge in [-0.05, 0) is 45.7 Å². The summed E-state index contributed by atoms with van der Waals surface area (Å²) in [6.45, 7) is 12.1. The molecule has 0 atom stereocenters. The smallest absolute Gasteiger partial charge is 0.475 e. The predicted octanol–water partition coefficient (Wildman–Crippen LogP) is 1.94. The minimum atomic E-state index is -5.08. The van der Waals surface area contributed by atoms with E-state index in [0.717, 1.165) is 63.5 Å². The van der Waals surface area contributed by atoms with E-state index in [1.54, 1.807) is 12.4 Å². The van der Waals surface area contributed by atoms with Crippen LogP contribution in [0.15, 0.2) is 23.4 Å². The summed E-state index contributed by atoms with van der Waals surface area (Å²) in [5.74, 6) is 3.31. The minimum Gasteiger partial charge on any atom is -0.475 e. The van der Waals surface area contributed by atoms with Crippen LogP contribution in [0.5, 0.6) is 0 Å². The van der Waals surface area contributed by atoms with Crippen LogP contribution in [0.4, 0.5) is 19.0 Å². The number of nitrogens with zero attached hydrogens (tertiary/aromatic N) is 5. The first-order chi connectivity index (χ1) is 16.8. The van der Waals surface area contributed by atoms with Gasteiger partial charge < -0.3 is 20.6 Å². The zero-order valence-electron chi connectivity index (χ0n) is 20.9. The molecule has 10 nitrogen and oxygen atoms in total. The third-order valence-electron chi connectivity index (χ3n) is 5.72. The van der Waals surface area contributed by atoms with Crippen molar-refractivity contribution >= 4 is 24.0 Å². The summed E-state index contributed by atoms with van der Waals surface area (Å²) in [5.41, 5.74) is 0.496. The number of carboxylic acid groups (broad SMARTS) is 1. The molecule has 3 rings (SSSR count). The Kier molecular flexibility index (Phi) is 10.5. The molecule has 3 N–H and O–H groups in total. The fourth-order valence-electron chi connectivity index (χ4n) is 4.06. The van der Waals surface area contributed by atoms with Crippen LogP contribution in [0.25, 0.3) is 0 Å². The number of piperidine rings is 1. The maximum atomic E-state index is 12.0. The quantitative estimate of drug-likeness (QED) is 0.261. The number of halogens is 3. The third kappa shape index (κ3) is 9.97. The molecule has 36 heavy (non-hydrogen) atoms. The number of nitrogens with two attached hydrogens (primary N) is 1. The average Bonchev–Trinajstić information content (AvgIpc) is 2.79. The van der Waals surface area contributed by atoms with E-state index in [9.17, 15) is 18.0 Å². The Balaban J connectivity index is 0.000000572. The highest BCUT2D eigenvalue weighted by molar-refractivity contribution is 5.79. The number of hydrogen-bond acceptors (Lipinski definition) is 9. The first-order valence-corrected chi connectivity index (χ1v) is 11.7. The highest BCUT2D eigenvalue weighted by Crippen LogP contribution is 2.21. The Hall–Kier alpha value is -2.93. The topological polar surface area (TPSA) is 125 Å². The second-order valence-corrected chi connectivity index (χ2v) is 9.65. The van der Waals surface area contributed by atoms with Crippen LogP contribution in [-0.4, -0.2) is 102 Å². The van der Waals surface area contributed by atoms with E-state index < -0.39 is 17.7 Å². The van der Waals surface area contributed by atoms with Crippen molar-refractivity contribution in [2.24, 2.45) is 10.9 Å². The molecule has 2 aliphatic rings. The lowest BCUT2D eigenvalue weighted by atomic mass is 10.0. The van der Waals surface area contributed by atoms with E-state index in [2.05, 4.69) is 24.8 Å². The molecule has 2 fully saturated rings. The number of hydrogen-bond donors (Lipinski definition) is 2. The number of anilines is 1. The largest absolute Gasteiger partial charge is 0.490 e. The molecule has 2 aliphatic heterocycles. The standard InChI is InChI=1S/C21H34N6O2.C2HF3O2/c1-21(2,3)29-20(28)16-25-8-6-18(7-9-25)26-10-12-27(13-11-26)19-5-4-17(14-23-19)15-24-22;3-2(4,5)1(6)7/h4-5,14-15,18H,6-13,16,22H2,1-3H3;(H,6,7). The van der Waals surface area contributed by atoms with Gasteiger partial charge in [0.2, 0.25) is 0 Å². The predicted molar refractivity (Wildman–Crippen MR) is 129 cm³/mol. The zero-order valence-corrected chi connectivity index (χ0v) is 20.9. The van der Waals surface area contributed by atoms with Gasteiger partial charge in [-0.3, -0.25) is 14.6 Å². The number of rotatable bonds is 5. The van der Waals surface area contributed by atoms with Crippen LogP contribution >= 0.6 is 0 Å². The van der Waals surface area contributed by atoms with Gasteiger partial charge in [0.05, 0.1) is 12.8 Å². The summed E-state index contributed by atoms with van der Waals surface area (Å²) in [5, 5.41) is 10.7. The number of carbonyl (C=O) groups excluding carboxylic acids is 1. The number of carbonyl (C=O) groups is 2. The number of carboxylic acids is 1. The lowest BCUT2D eigenvalue weighted by Gasteiger charge is -2.43. The van der Waals surface area contributed by atoms with Gasteiger partial charge >= 0.3 is 18.1 Å². The third-order valence-corrected chi connectivity index (χ3v) is 5.72. The number of hydrazone groups is 1. The van der Waals surface area contributed by atoms with Crippen molar-refractivity contribution in [1.29, 1.82) is 0 Å². The number of likely N-dealkylation sites (tertiary alicyclic amines) is 1. The van der Waals surface area contributed by atoms with E-state index in [1.807, 2.05) is 32.9 Å². The molecule has 0 aromatic carbocycles. The summed E-state index contributed by atoms with van der Waals surface area (Å²) < 4.78 is 37.2. The van der Waals surface area contributed by atoms with Crippen LogP contribution < -0.4 is 10.7 Å². The summed E-state index contributed by atoms with van der Waals surface area (Å²) in [6.07, 6.45) is 0.532. The van der Waals surface area contributed by atoms with Gasteiger partial charge in [0, 0.05) is 57.1 Å². The van der Waals surface area contributed by atoms with Crippen molar-refractivity contribution in [3.05, 3.63) is 23.9 Å². The molecule has 202 valence electrons. The van der Waals surface area contributed by atoms with Crippen LogP contribution in [0, 0.1) is 0 Å². The maximum absolute atomic E-state index is 12.0. The van der Waals surface area contributed by atoms with E-state index in [-0.39, 0.29) is 5.97 Å². The number of pyridine rings is 1. The van der Waals surface area contributed by atoms with Crippen LogP contribution in [0.3, 0.4) is 0 Å². The Morgan fingerprint density at radius 3 is 2.17 bits per heavy atom. The number of alkyl halides is 3. The van der Waals surface area contributed by atoms with Crippen molar-refractivity contribution < 1.29 is 32.6 Å². The molecule has 0 bridgehead atoms. The summed E-state index contributed by atoms with van der Waals surface area (Å²) in [4.78, 5) is 32.6. The highest BCUT2D eigenvalue weighted by Gasteiger charge is 2.38. The molecule has 0 unspecified atom stereocenters. The van der Waals surface area contributed by atoms with Gasteiger partial charge in [0.1, 0.15) is 11.4 Å². The van der Waals surface area contributed by atoms with Crippen molar-refractivity contribution in [2.45, 2.75) is 51.4 Å². The molecule has 2 saturated heterocycles. The zero-order chi connectivity index (χ0) is 26.9. The molecule has 0 saturated carbocycles. The molecular weight excluding hydrogens is 481 g/mol. The number of aliphatic carboxylic acids is 1. The van der Waals surface area contributed by atoms with Crippen LogP contribution in [-0.2, 0) is 14.3 Å². The van der Waals surface area contributed by atoms with Crippen molar-refractivity contribution in [3.8, 4) is 0 Å². The molecule has 3 heterocycles. The second kappa shape index (κ2) is 12.9. The van der Waals surface area contributed by atoms with Gasteiger partial charge in [0.15, 0.2) is 0 Å². The normalized spacial score (nSPS) is 18.6. The monoisotopic (exact) mass is 516 g/mol. The van der Waals surface area contributed by atoms with Crippen LogP contribution in [0.1, 0.15) is 39.2 Å². The van der Waals surface area contributed by atoms with Gasteiger partial charge in [-0.2, -0.15) is 18.3 Å². The van der Waals surface area contributed by atoms with E-state index in [0.29, 0.717) is 12.6 Å². The van der Waals surface area contributed by atoms with Crippen molar-refractivity contribution in [1.82, 2.24) is 14.8 Å². The van der Waals surface area contributed by atoms with E-state index in [4.69, 9.17) is 20.5 Å². The van der Waals surface area contributed by atoms with E-state index >= 15 is 0 Å². The molecule has 1 aromatic heterocycles. The number of aromatic nitrogens is 1. The summed E-state index contributed by atoms with van der Waals surface area (Å²) in [6, 6.07) is 4.62. The molecule has 0 spiro atoms. The molecule has 0 amide bonds. The number of piperazine rings is 1. The first-order valence-electron chi connectivity index (χ1n) is 11.7. The fourth-order valence-corrected chi connectivity index (χ4v) is 4.06. The molecular formula is C23H35F3N6O4. The molecule has 0 aliphatic carbocycles. The second-order valence-electron chi connectivity index (χ2n) is 9.65. The summed E-state index contributed by atoms with van der Waals surface area (Å²) >= 11 is 0. The maximum Gasteiger partial charge on any atom is 0.490 e. The van der Waals surface area contributed by atoms with Crippen LogP contribution in [0.2, 0.25) is 0 Å². The van der Waals surface area contributed by atoms with Gasteiger partial charge in [-0.15, -0.1) is 0 Å². The lowest BCUT2D eigenvalue weighted by molar-refractivity contribution is -0.192. The first kappa shape index (κ1) is 29.3. The molecule has 13 heteroatoms. The Morgan fingerprint density at radius 1 is 1.14 bits per heavy atom. The number of esters is 1. The van der Waals surface area contributed by atoms with Gasteiger partial charge in [-0.25, -0.2) is 9.78 Å². The van der Waals surface area contributed by atoms with Gasteiger partial charge in [-0.1, -0.05) is 0 Å². The lowest BCUT2D eigenvalue weighted by Crippen LogP contribution is -2.53. The highest BCUT2D eigenvalue weighted by atomic mass is 19.4. The van der Waals surface area contributed by atoms with Crippen molar-refractivity contribution in [2.75, 3.05) is 50.7 Å². The Labute approximate surface area is 208 Å². The van der Waals surface area contributed by atoms with Gasteiger partial charge in [0.25, 0.3) is 0 Å².